The van der Waals surface area contributed by atoms with Crippen LogP contribution in [0, 0.1) is 0 Å². The lowest BCUT2D eigenvalue weighted by atomic mass is 9.96. The minimum atomic E-state index is -4.55. The Bertz CT molecular complexity index is 1400. The summed E-state index contributed by atoms with van der Waals surface area (Å²) in [4.78, 5) is 30.0. The number of carboxylic acid groups (broad SMARTS) is 1. The van der Waals surface area contributed by atoms with Gasteiger partial charge < -0.3 is 29.7 Å². The van der Waals surface area contributed by atoms with Gasteiger partial charge in [-0.2, -0.15) is 13.2 Å². The smallest absolute Gasteiger partial charge is 0.416 e. The molecule has 4 unspecified atom stereocenters. The fourth-order valence-corrected chi connectivity index (χ4v) is 5.56. The zero-order chi connectivity index (χ0) is 30.6. The Kier molecular flexibility index (Phi) is 9.43. The molecule has 4 atom stereocenters. The van der Waals surface area contributed by atoms with Crippen molar-refractivity contribution in [3.8, 4) is 5.75 Å². The zero-order valence-corrected chi connectivity index (χ0v) is 23.8. The number of para-hydroxylation sites is 1. The van der Waals surface area contributed by atoms with Gasteiger partial charge >= 0.3 is 12.1 Å². The molecule has 0 bridgehead atoms. The molecular weight excluding hydrogens is 551 g/mol. The van der Waals surface area contributed by atoms with Crippen LogP contribution in [0.5, 0.6) is 5.75 Å². The summed E-state index contributed by atoms with van der Waals surface area (Å²) in [5, 5.41) is 13.6. The fraction of sp³-hybridized carbons (Fsp3) is 0.355. The minimum absolute atomic E-state index is 0.0139. The molecule has 224 valence electrons. The second kappa shape index (κ2) is 12.8. The molecule has 3 aromatic rings. The van der Waals surface area contributed by atoms with Gasteiger partial charge in [0.05, 0.1) is 18.7 Å². The maximum Gasteiger partial charge on any atom is 0.416 e. The molecule has 0 radical (unpaired) electrons. The van der Waals surface area contributed by atoms with E-state index >= 15 is 0 Å². The van der Waals surface area contributed by atoms with E-state index < -0.39 is 47.8 Å². The molecule has 8 nitrogen and oxygen atoms in total. The summed E-state index contributed by atoms with van der Waals surface area (Å²) in [6, 6.07) is 16.7. The molecule has 0 aliphatic carbocycles. The van der Waals surface area contributed by atoms with E-state index in [0.717, 1.165) is 17.8 Å². The first-order valence-corrected chi connectivity index (χ1v) is 13.3. The van der Waals surface area contributed by atoms with E-state index in [1.165, 1.54) is 25.2 Å². The number of ether oxygens (including phenoxy) is 2. The first-order valence-electron chi connectivity index (χ1n) is 13.3. The highest BCUT2D eigenvalue weighted by atomic mass is 19.4. The van der Waals surface area contributed by atoms with Crippen LogP contribution in [0.2, 0.25) is 0 Å². The standard InChI is InChI=1S/C31H34F3N3O5/c1-36(2)24-13-9-8-12-22(24)27-23(35-18-20-16-21(31(32,33)34)14-15-26(20)41-3)17-25(30(39)40)37(27)29(38)28(42-4)19-10-6-5-7-11-19/h5-16,23,25,27-28,35H,17-18H2,1-4H3,(H,39,40). The number of nitrogens with one attached hydrogen (secondary N) is 1. The number of hydrogen-bond donors (Lipinski definition) is 2. The highest BCUT2D eigenvalue weighted by Gasteiger charge is 2.50. The van der Waals surface area contributed by atoms with Crippen molar-refractivity contribution >= 4 is 17.6 Å². The summed E-state index contributed by atoms with van der Waals surface area (Å²) in [6.07, 6.45) is -5.60. The van der Waals surface area contributed by atoms with Gasteiger partial charge in [0.2, 0.25) is 0 Å². The molecule has 2 N–H and O–H groups in total. The largest absolute Gasteiger partial charge is 0.496 e. The van der Waals surface area contributed by atoms with Gasteiger partial charge in [0.1, 0.15) is 11.8 Å². The molecular formula is C31H34F3N3O5. The number of halogens is 3. The number of likely N-dealkylation sites (tertiary alicyclic amines) is 1. The van der Waals surface area contributed by atoms with Crippen LogP contribution in [0.1, 0.15) is 40.8 Å². The number of carbonyl (C=O) groups is 2. The topological polar surface area (TPSA) is 91.3 Å². The van der Waals surface area contributed by atoms with E-state index in [0.29, 0.717) is 11.1 Å². The average molecular weight is 586 g/mol. The fourth-order valence-electron chi connectivity index (χ4n) is 5.56. The predicted molar refractivity (Wildman–Crippen MR) is 151 cm³/mol. The number of rotatable bonds is 10. The summed E-state index contributed by atoms with van der Waals surface area (Å²) in [6.45, 7) is -0.0564. The quantitative estimate of drug-likeness (QED) is 0.344. The van der Waals surface area contributed by atoms with Crippen molar-refractivity contribution in [1.29, 1.82) is 0 Å². The molecule has 1 amide bonds. The van der Waals surface area contributed by atoms with Gasteiger partial charge in [0.15, 0.2) is 6.10 Å². The molecule has 1 aliphatic heterocycles. The molecule has 11 heteroatoms. The molecule has 3 aromatic carbocycles. The number of alkyl halides is 3. The van der Waals surface area contributed by atoms with E-state index in [9.17, 15) is 27.9 Å². The molecule has 1 saturated heterocycles. The first-order chi connectivity index (χ1) is 20.0. The van der Waals surface area contributed by atoms with Crippen molar-refractivity contribution in [1.82, 2.24) is 10.2 Å². The van der Waals surface area contributed by atoms with E-state index in [1.54, 1.807) is 36.4 Å². The number of benzene rings is 3. The highest BCUT2D eigenvalue weighted by Crippen LogP contribution is 2.43. The number of carboxylic acids is 1. The van der Waals surface area contributed by atoms with Crippen molar-refractivity contribution < 1.29 is 37.3 Å². The lowest BCUT2D eigenvalue weighted by Crippen LogP contribution is -2.46. The van der Waals surface area contributed by atoms with Crippen LogP contribution in [-0.4, -0.2) is 62.3 Å². The predicted octanol–water partition coefficient (Wildman–Crippen LogP) is 5.05. The van der Waals surface area contributed by atoms with Crippen LogP contribution in [0.25, 0.3) is 0 Å². The third kappa shape index (κ3) is 6.37. The molecule has 1 fully saturated rings. The molecule has 1 heterocycles. The minimum Gasteiger partial charge on any atom is -0.496 e. The van der Waals surface area contributed by atoms with Crippen LogP contribution in [0.15, 0.2) is 72.8 Å². The zero-order valence-electron chi connectivity index (χ0n) is 23.8. The van der Waals surface area contributed by atoms with Crippen molar-refractivity contribution in [2.75, 3.05) is 33.2 Å². The molecule has 1 aliphatic rings. The van der Waals surface area contributed by atoms with Crippen LogP contribution >= 0.6 is 0 Å². The van der Waals surface area contributed by atoms with Gasteiger partial charge in [0, 0.05) is 45.0 Å². The van der Waals surface area contributed by atoms with Gasteiger partial charge in [-0.25, -0.2) is 4.79 Å². The number of amides is 1. The lowest BCUT2D eigenvalue weighted by Gasteiger charge is -2.35. The Morgan fingerprint density at radius 1 is 1.05 bits per heavy atom. The van der Waals surface area contributed by atoms with Gasteiger partial charge in [-0.3, -0.25) is 4.79 Å². The van der Waals surface area contributed by atoms with Gasteiger partial charge in [-0.05, 0) is 41.8 Å². The van der Waals surface area contributed by atoms with E-state index in [1.807, 2.05) is 37.2 Å². The number of anilines is 1. The molecule has 0 saturated carbocycles. The number of methoxy groups -OCH3 is 2. The third-order valence-electron chi connectivity index (χ3n) is 7.50. The second-order valence-corrected chi connectivity index (χ2v) is 10.3. The molecule has 42 heavy (non-hydrogen) atoms. The van der Waals surface area contributed by atoms with Crippen LogP contribution in [0.3, 0.4) is 0 Å². The summed E-state index contributed by atoms with van der Waals surface area (Å²) < 4.78 is 51.4. The Hall–Kier alpha value is -4.09. The highest BCUT2D eigenvalue weighted by molar-refractivity contribution is 5.89. The Morgan fingerprint density at radius 2 is 1.71 bits per heavy atom. The number of carbonyl (C=O) groups excluding carboxylic acids is 1. The van der Waals surface area contributed by atoms with Gasteiger partial charge in [0.25, 0.3) is 5.91 Å². The van der Waals surface area contributed by atoms with E-state index in [4.69, 9.17) is 9.47 Å². The SMILES string of the molecule is COc1ccc(C(F)(F)F)cc1CNC1CC(C(=O)O)N(C(=O)C(OC)c2ccccc2)C1c1ccccc1N(C)C. The van der Waals surface area contributed by atoms with Crippen LogP contribution < -0.4 is 15.0 Å². The van der Waals surface area contributed by atoms with E-state index in [-0.39, 0.29) is 24.3 Å². The number of hydrogen-bond acceptors (Lipinski definition) is 6. The third-order valence-corrected chi connectivity index (χ3v) is 7.50. The Morgan fingerprint density at radius 3 is 2.31 bits per heavy atom. The van der Waals surface area contributed by atoms with Gasteiger partial charge in [-0.1, -0.05) is 48.5 Å². The summed E-state index contributed by atoms with van der Waals surface area (Å²) in [7, 11) is 6.44. The van der Waals surface area contributed by atoms with Crippen molar-refractivity contribution in [2.45, 2.75) is 43.4 Å². The van der Waals surface area contributed by atoms with Crippen LogP contribution in [-0.2, 0) is 27.0 Å². The maximum absolute atomic E-state index is 14.2. The molecule has 0 aromatic heterocycles. The number of nitrogens with zero attached hydrogens (tertiary/aromatic N) is 2. The van der Waals surface area contributed by atoms with Crippen LogP contribution in [0.4, 0.5) is 18.9 Å². The monoisotopic (exact) mass is 585 g/mol. The van der Waals surface area contributed by atoms with Gasteiger partial charge in [-0.15, -0.1) is 0 Å². The molecule has 0 spiro atoms. The van der Waals surface area contributed by atoms with Crippen molar-refractivity contribution in [2.24, 2.45) is 0 Å². The van der Waals surface area contributed by atoms with Crippen molar-refractivity contribution in [3.63, 3.8) is 0 Å². The molecule has 4 rings (SSSR count). The Labute approximate surface area is 242 Å². The Balaban J connectivity index is 1.79. The second-order valence-electron chi connectivity index (χ2n) is 10.3. The summed E-state index contributed by atoms with van der Waals surface area (Å²) in [5.74, 6) is -1.47. The van der Waals surface area contributed by atoms with Crippen molar-refractivity contribution in [3.05, 3.63) is 95.1 Å². The maximum atomic E-state index is 14.2. The first kappa shape index (κ1) is 30.9. The normalized spacial score (nSPS) is 19.4. The van der Waals surface area contributed by atoms with E-state index in [2.05, 4.69) is 5.32 Å². The number of aliphatic carboxylic acids is 1. The summed E-state index contributed by atoms with van der Waals surface area (Å²) in [5.41, 5.74) is 1.45. The average Bonchev–Trinajstić information content (AvgIpc) is 3.36. The lowest BCUT2D eigenvalue weighted by molar-refractivity contribution is -0.155. The summed E-state index contributed by atoms with van der Waals surface area (Å²) >= 11 is 0.